The fourth-order valence-electron chi connectivity index (χ4n) is 3.96. The van der Waals surface area contributed by atoms with Crippen LogP contribution in [-0.4, -0.2) is 24.2 Å². The van der Waals surface area contributed by atoms with Crippen molar-refractivity contribution in [3.63, 3.8) is 0 Å². The molecule has 1 heterocycles. The molecule has 5 nitrogen and oxygen atoms in total. The molecule has 2 fully saturated rings. The van der Waals surface area contributed by atoms with Crippen LogP contribution in [0.25, 0.3) is 0 Å². The second kappa shape index (κ2) is 5.15. The van der Waals surface area contributed by atoms with Crippen LogP contribution in [0.3, 0.4) is 0 Å². The molecule has 112 valence electrons. The molecule has 2 aliphatic rings. The smallest absolute Gasteiger partial charge is 0.243 e. The van der Waals surface area contributed by atoms with Crippen molar-refractivity contribution in [3.8, 4) is 0 Å². The van der Waals surface area contributed by atoms with E-state index in [4.69, 9.17) is 0 Å². The predicted octanol–water partition coefficient (Wildman–Crippen LogP) is 2.01. The number of fused-ring (bicyclic) bond motifs is 2. The number of nitrogens with zero attached hydrogens (tertiary/aromatic N) is 2. The molecule has 2 bridgehead atoms. The maximum Gasteiger partial charge on any atom is 0.243 e. The van der Waals surface area contributed by atoms with Crippen LogP contribution in [0.4, 0.5) is 0 Å². The van der Waals surface area contributed by atoms with Gasteiger partial charge < -0.3 is 0 Å². The molecule has 0 spiro atoms. The van der Waals surface area contributed by atoms with Gasteiger partial charge in [-0.25, -0.2) is 13.1 Å². The van der Waals surface area contributed by atoms with Crippen molar-refractivity contribution in [1.29, 1.82) is 0 Å². The van der Waals surface area contributed by atoms with E-state index in [1.165, 1.54) is 31.9 Å². The molecular formula is C14H23N3O2S. The van der Waals surface area contributed by atoms with Crippen molar-refractivity contribution in [2.45, 2.75) is 57.0 Å². The number of aromatic nitrogens is 2. The molecular weight excluding hydrogens is 274 g/mol. The Morgan fingerprint density at radius 2 is 2.25 bits per heavy atom. The molecule has 6 heteroatoms. The highest BCUT2D eigenvalue weighted by molar-refractivity contribution is 7.89. The normalized spacial score (nSPS) is 30.8. The number of sulfonamides is 1. The number of aryl methyl sites for hydroxylation is 1. The van der Waals surface area contributed by atoms with Gasteiger partial charge in [-0.2, -0.15) is 5.10 Å². The van der Waals surface area contributed by atoms with Gasteiger partial charge >= 0.3 is 0 Å². The monoisotopic (exact) mass is 297 g/mol. The Labute approximate surface area is 120 Å². The Balaban J connectivity index is 1.69. The zero-order valence-electron chi connectivity index (χ0n) is 12.1. The minimum Gasteiger partial charge on any atom is -0.272 e. The van der Waals surface area contributed by atoms with Crippen molar-refractivity contribution in [2.75, 3.05) is 0 Å². The SMILES string of the molecule is CCn1cc(S(=O)(=O)N[C@@H](C)[C@H]2C[C@@H]3CC[C@@H]2C3)cn1. The molecule has 3 rings (SSSR count). The zero-order chi connectivity index (χ0) is 14.3. The lowest BCUT2D eigenvalue weighted by atomic mass is 9.84. The first kappa shape index (κ1) is 14.1. The summed E-state index contributed by atoms with van der Waals surface area (Å²) < 4.78 is 29.2. The average molecular weight is 297 g/mol. The zero-order valence-corrected chi connectivity index (χ0v) is 12.9. The molecule has 0 aromatic carbocycles. The molecule has 0 saturated heterocycles. The van der Waals surface area contributed by atoms with Gasteiger partial charge in [0.2, 0.25) is 10.0 Å². The van der Waals surface area contributed by atoms with Gasteiger partial charge in [0.15, 0.2) is 0 Å². The van der Waals surface area contributed by atoms with E-state index >= 15 is 0 Å². The minimum absolute atomic E-state index is 0.0141. The third kappa shape index (κ3) is 2.51. The maximum atomic E-state index is 12.4. The molecule has 1 aromatic rings. The Morgan fingerprint density at radius 3 is 2.80 bits per heavy atom. The van der Waals surface area contributed by atoms with Gasteiger partial charge in [0.05, 0.1) is 6.20 Å². The fourth-order valence-corrected chi connectivity index (χ4v) is 5.21. The van der Waals surface area contributed by atoms with Gasteiger partial charge in [-0.15, -0.1) is 0 Å². The van der Waals surface area contributed by atoms with Crippen LogP contribution in [0, 0.1) is 17.8 Å². The van der Waals surface area contributed by atoms with E-state index in [1.54, 1.807) is 10.9 Å². The number of hydrogen-bond acceptors (Lipinski definition) is 3. The van der Waals surface area contributed by atoms with Gasteiger partial charge in [-0.05, 0) is 50.9 Å². The Kier molecular flexibility index (Phi) is 3.62. The largest absolute Gasteiger partial charge is 0.272 e. The van der Waals surface area contributed by atoms with Crippen LogP contribution in [0.15, 0.2) is 17.3 Å². The van der Waals surface area contributed by atoms with E-state index < -0.39 is 10.0 Å². The van der Waals surface area contributed by atoms with Crippen molar-refractivity contribution >= 4 is 10.0 Å². The molecule has 20 heavy (non-hydrogen) atoms. The third-order valence-electron chi connectivity index (χ3n) is 5.02. The van der Waals surface area contributed by atoms with Crippen LogP contribution in [0.5, 0.6) is 0 Å². The summed E-state index contributed by atoms with van der Waals surface area (Å²) in [5.74, 6) is 2.06. The number of hydrogen-bond donors (Lipinski definition) is 1. The summed E-state index contributed by atoms with van der Waals surface area (Å²) in [5, 5.41) is 4.04. The van der Waals surface area contributed by atoms with E-state index in [0.29, 0.717) is 12.5 Å². The lowest BCUT2D eigenvalue weighted by Gasteiger charge is -2.28. The van der Waals surface area contributed by atoms with Gasteiger partial charge in [0, 0.05) is 18.8 Å². The van der Waals surface area contributed by atoms with Crippen molar-refractivity contribution in [3.05, 3.63) is 12.4 Å². The third-order valence-corrected chi connectivity index (χ3v) is 6.53. The van der Waals surface area contributed by atoms with Crippen molar-refractivity contribution < 1.29 is 8.42 Å². The number of rotatable bonds is 5. The molecule has 2 saturated carbocycles. The minimum atomic E-state index is -3.44. The Hall–Kier alpha value is -0.880. The molecule has 0 unspecified atom stereocenters. The lowest BCUT2D eigenvalue weighted by molar-refractivity contribution is 0.280. The highest BCUT2D eigenvalue weighted by Crippen LogP contribution is 2.49. The summed E-state index contributed by atoms with van der Waals surface area (Å²) in [4.78, 5) is 0.273. The standard InChI is InChI=1S/C14H23N3O2S/c1-3-17-9-13(8-15-17)20(18,19)16-10(2)14-7-11-4-5-12(14)6-11/h8-12,14,16H,3-7H2,1-2H3/t10-,11+,12+,14+/m0/s1. The van der Waals surface area contributed by atoms with Crippen molar-refractivity contribution in [2.24, 2.45) is 17.8 Å². The van der Waals surface area contributed by atoms with Gasteiger partial charge in [-0.1, -0.05) is 6.42 Å². The van der Waals surface area contributed by atoms with E-state index in [0.717, 1.165) is 11.8 Å². The quantitative estimate of drug-likeness (QED) is 0.904. The van der Waals surface area contributed by atoms with E-state index in [-0.39, 0.29) is 10.9 Å². The second-order valence-electron chi connectivity index (χ2n) is 6.28. The summed E-state index contributed by atoms with van der Waals surface area (Å²) >= 11 is 0. The summed E-state index contributed by atoms with van der Waals surface area (Å²) in [6, 6.07) is 0.0141. The van der Waals surface area contributed by atoms with Gasteiger partial charge in [-0.3, -0.25) is 4.68 Å². The molecule has 1 aromatic heterocycles. The Bertz CT molecular complexity index is 581. The first-order chi connectivity index (χ1) is 9.49. The highest BCUT2D eigenvalue weighted by Gasteiger charge is 2.42. The van der Waals surface area contributed by atoms with E-state index in [2.05, 4.69) is 9.82 Å². The summed E-state index contributed by atoms with van der Waals surface area (Å²) in [6.45, 7) is 4.62. The highest BCUT2D eigenvalue weighted by atomic mass is 32.2. The molecule has 4 atom stereocenters. The molecule has 0 aliphatic heterocycles. The first-order valence-electron chi connectivity index (χ1n) is 7.54. The van der Waals surface area contributed by atoms with Crippen LogP contribution in [-0.2, 0) is 16.6 Å². The van der Waals surface area contributed by atoms with Crippen LogP contribution < -0.4 is 4.72 Å². The topological polar surface area (TPSA) is 64.0 Å². The molecule has 0 radical (unpaired) electrons. The lowest BCUT2D eigenvalue weighted by Crippen LogP contribution is -2.39. The number of nitrogens with one attached hydrogen (secondary N) is 1. The molecule has 2 aliphatic carbocycles. The van der Waals surface area contributed by atoms with Gasteiger partial charge in [0.25, 0.3) is 0 Å². The van der Waals surface area contributed by atoms with Crippen molar-refractivity contribution in [1.82, 2.24) is 14.5 Å². The van der Waals surface area contributed by atoms with Gasteiger partial charge in [0.1, 0.15) is 4.90 Å². The Morgan fingerprint density at radius 1 is 1.45 bits per heavy atom. The molecule has 0 amide bonds. The average Bonchev–Trinajstić information content (AvgIpc) is 3.13. The van der Waals surface area contributed by atoms with E-state index in [9.17, 15) is 8.42 Å². The maximum absolute atomic E-state index is 12.4. The van der Waals surface area contributed by atoms with Crippen LogP contribution in [0.1, 0.15) is 39.5 Å². The predicted molar refractivity (Wildman–Crippen MR) is 76.6 cm³/mol. The second-order valence-corrected chi connectivity index (χ2v) is 7.99. The van der Waals surface area contributed by atoms with Crippen LogP contribution >= 0.6 is 0 Å². The summed E-state index contributed by atoms with van der Waals surface area (Å²) in [7, 11) is -3.44. The molecule has 1 N–H and O–H groups in total. The first-order valence-corrected chi connectivity index (χ1v) is 9.02. The summed E-state index contributed by atoms with van der Waals surface area (Å²) in [6.07, 6.45) is 8.11. The fraction of sp³-hybridized carbons (Fsp3) is 0.786. The van der Waals surface area contributed by atoms with E-state index in [1.807, 2.05) is 13.8 Å². The van der Waals surface area contributed by atoms with Crippen LogP contribution in [0.2, 0.25) is 0 Å². The summed E-state index contributed by atoms with van der Waals surface area (Å²) in [5.41, 5.74) is 0.